The van der Waals surface area contributed by atoms with E-state index in [-0.39, 0.29) is 29.5 Å². The maximum Gasteiger partial charge on any atom is 0.251 e. The maximum atomic E-state index is 13.0. The summed E-state index contributed by atoms with van der Waals surface area (Å²) in [6, 6.07) is 5.15. The van der Waals surface area contributed by atoms with Crippen LogP contribution in [0.3, 0.4) is 0 Å². The van der Waals surface area contributed by atoms with Crippen LogP contribution in [0.1, 0.15) is 30.6 Å². The molecule has 0 saturated heterocycles. The SMILES string of the molecule is CC1(C)C(O)CC1NC(=O)CNC(=O)c1cccc(F)c1. The summed E-state index contributed by atoms with van der Waals surface area (Å²) in [5.41, 5.74) is -0.190. The molecule has 0 aliphatic heterocycles. The molecule has 5 nitrogen and oxygen atoms in total. The first-order valence-corrected chi connectivity index (χ1v) is 6.82. The van der Waals surface area contributed by atoms with Gasteiger partial charge >= 0.3 is 0 Å². The van der Waals surface area contributed by atoms with Gasteiger partial charge < -0.3 is 15.7 Å². The number of carbonyl (C=O) groups excluding carboxylic acids is 2. The molecule has 2 atom stereocenters. The van der Waals surface area contributed by atoms with Gasteiger partial charge in [0.15, 0.2) is 0 Å². The van der Waals surface area contributed by atoms with Gasteiger partial charge in [-0.15, -0.1) is 0 Å². The molecule has 1 aliphatic rings. The third kappa shape index (κ3) is 3.39. The average Bonchev–Trinajstić information content (AvgIpc) is 2.44. The summed E-state index contributed by atoms with van der Waals surface area (Å²) < 4.78 is 13.0. The number of benzene rings is 1. The number of aliphatic hydroxyl groups is 1. The van der Waals surface area contributed by atoms with E-state index in [9.17, 15) is 19.1 Å². The summed E-state index contributed by atoms with van der Waals surface area (Å²) in [7, 11) is 0. The summed E-state index contributed by atoms with van der Waals surface area (Å²) in [4.78, 5) is 23.5. The van der Waals surface area contributed by atoms with Crippen LogP contribution in [-0.4, -0.2) is 35.6 Å². The molecule has 0 aromatic heterocycles. The van der Waals surface area contributed by atoms with Gasteiger partial charge in [-0.25, -0.2) is 4.39 Å². The van der Waals surface area contributed by atoms with Crippen molar-refractivity contribution in [1.29, 1.82) is 0 Å². The number of nitrogens with one attached hydrogen (secondary N) is 2. The topological polar surface area (TPSA) is 78.4 Å². The van der Waals surface area contributed by atoms with Crippen molar-refractivity contribution in [2.45, 2.75) is 32.4 Å². The predicted molar refractivity (Wildman–Crippen MR) is 75.1 cm³/mol. The average molecular weight is 294 g/mol. The molecule has 21 heavy (non-hydrogen) atoms. The van der Waals surface area contributed by atoms with Crippen molar-refractivity contribution >= 4 is 11.8 Å². The van der Waals surface area contributed by atoms with Gasteiger partial charge in [-0.2, -0.15) is 0 Å². The minimum absolute atomic E-state index is 0.105. The second-order valence-electron chi connectivity index (χ2n) is 5.89. The van der Waals surface area contributed by atoms with Crippen LogP contribution < -0.4 is 10.6 Å². The third-order valence-corrected chi connectivity index (χ3v) is 4.05. The van der Waals surface area contributed by atoms with Crippen molar-refractivity contribution in [3.8, 4) is 0 Å². The van der Waals surface area contributed by atoms with Crippen LogP contribution in [0.25, 0.3) is 0 Å². The van der Waals surface area contributed by atoms with Crippen molar-refractivity contribution in [2.24, 2.45) is 5.41 Å². The molecule has 1 aromatic rings. The number of amides is 2. The van der Waals surface area contributed by atoms with Crippen molar-refractivity contribution in [2.75, 3.05) is 6.54 Å². The highest BCUT2D eigenvalue weighted by Gasteiger charge is 2.47. The number of carbonyl (C=O) groups is 2. The minimum atomic E-state index is -0.502. The van der Waals surface area contributed by atoms with E-state index in [2.05, 4.69) is 10.6 Å². The molecule has 1 saturated carbocycles. The zero-order valence-electron chi connectivity index (χ0n) is 12.0. The monoisotopic (exact) mass is 294 g/mol. The normalized spacial score (nSPS) is 23.0. The van der Waals surface area contributed by atoms with E-state index in [1.165, 1.54) is 18.2 Å². The maximum absolute atomic E-state index is 13.0. The lowest BCUT2D eigenvalue weighted by atomic mass is 9.64. The van der Waals surface area contributed by atoms with Crippen LogP contribution >= 0.6 is 0 Å². The Morgan fingerprint density at radius 1 is 1.43 bits per heavy atom. The lowest BCUT2D eigenvalue weighted by molar-refractivity contribution is -0.128. The van der Waals surface area contributed by atoms with E-state index >= 15 is 0 Å². The van der Waals surface area contributed by atoms with Crippen LogP contribution in [0.5, 0.6) is 0 Å². The molecule has 2 rings (SSSR count). The van der Waals surface area contributed by atoms with Gasteiger partial charge in [0.25, 0.3) is 5.91 Å². The molecule has 114 valence electrons. The van der Waals surface area contributed by atoms with E-state index in [1.807, 2.05) is 13.8 Å². The van der Waals surface area contributed by atoms with E-state index < -0.39 is 17.8 Å². The summed E-state index contributed by atoms with van der Waals surface area (Å²) in [6.07, 6.45) is 0.0843. The van der Waals surface area contributed by atoms with Crippen LogP contribution in [-0.2, 0) is 4.79 Å². The minimum Gasteiger partial charge on any atom is -0.392 e. The van der Waals surface area contributed by atoms with Crippen LogP contribution in [0.2, 0.25) is 0 Å². The first-order chi connectivity index (χ1) is 9.80. The Bertz CT molecular complexity index is 560. The molecule has 0 bridgehead atoms. The summed E-state index contributed by atoms with van der Waals surface area (Å²) in [6.45, 7) is 3.56. The molecule has 3 N–H and O–H groups in total. The second-order valence-corrected chi connectivity index (χ2v) is 5.89. The van der Waals surface area contributed by atoms with E-state index in [0.717, 1.165) is 6.07 Å². The highest BCUT2D eigenvalue weighted by atomic mass is 19.1. The van der Waals surface area contributed by atoms with Crippen molar-refractivity contribution < 1.29 is 19.1 Å². The Hall–Kier alpha value is -1.95. The first kappa shape index (κ1) is 15.4. The van der Waals surface area contributed by atoms with Gasteiger partial charge in [0, 0.05) is 17.0 Å². The van der Waals surface area contributed by atoms with Gasteiger partial charge in [-0.1, -0.05) is 19.9 Å². The molecular formula is C15H19FN2O3. The summed E-state index contributed by atoms with van der Waals surface area (Å²) in [5.74, 6) is -1.33. The van der Waals surface area contributed by atoms with Crippen LogP contribution in [0, 0.1) is 11.2 Å². The fourth-order valence-corrected chi connectivity index (χ4v) is 2.29. The molecule has 0 radical (unpaired) electrons. The number of rotatable bonds is 4. The highest BCUT2D eigenvalue weighted by Crippen LogP contribution is 2.40. The fourth-order valence-electron chi connectivity index (χ4n) is 2.29. The Kier molecular flexibility index (Phi) is 4.27. The smallest absolute Gasteiger partial charge is 0.251 e. The molecule has 0 spiro atoms. The van der Waals surface area contributed by atoms with Crippen molar-refractivity contribution in [3.63, 3.8) is 0 Å². The molecular weight excluding hydrogens is 275 g/mol. The number of hydrogen-bond donors (Lipinski definition) is 3. The Morgan fingerprint density at radius 2 is 2.14 bits per heavy atom. The lowest BCUT2D eigenvalue weighted by Gasteiger charge is -2.49. The van der Waals surface area contributed by atoms with Crippen LogP contribution in [0.15, 0.2) is 24.3 Å². The highest BCUT2D eigenvalue weighted by molar-refractivity contribution is 5.96. The fraction of sp³-hybridized carbons (Fsp3) is 0.467. The van der Waals surface area contributed by atoms with E-state index in [0.29, 0.717) is 6.42 Å². The lowest BCUT2D eigenvalue weighted by Crippen LogP contribution is -2.62. The van der Waals surface area contributed by atoms with Crippen molar-refractivity contribution in [1.82, 2.24) is 10.6 Å². The number of hydrogen-bond acceptors (Lipinski definition) is 3. The van der Waals surface area contributed by atoms with Gasteiger partial charge in [-0.3, -0.25) is 9.59 Å². The van der Waals surface area contributed by atoms with Gasteiger partial charge in [-0.05, 0) is 24.6 Å². The summed E-state index contributed by atoms with van der Waals surface area (Å²) >= 11 is 0. The second kappa shape index (κ2) is 5.81. The van der Waals surface area contributed by atoms with Gasteiger partial charge in [0.1, 0.15) is 5.82 Å². The van der Waals surface area contributed by atoms with Crippen molar-refractivity contribution in [3.05, 3.63) is 35.6 Å². The Labute approximate surface area is 122 Å². The molecule has 2 amide bonds. The van der Waals surface area contributed by atoms with E-state index in [4.69, 9.17) is 0 Å². The molecule has 1 fully saturated rings. The van der Waals surface area contributed by atoms with E-state index in [1.54, 1.807) is 0 Å². The third-order valence-electron chi connectivity index (χ3n) is 4.05. The molecule has 0 heterocycles. The zero-order chi connectivity index (χ0) is 15.6. The van der Waals surface area contributed by atoms with Crippen LogP contribution in [0.4, 0.5) is 4.39 Å². The predicted octanol–water partition coefficient (Wildman–Crippen LogP) is 0.831. The number of aliphatic hydroxyl groups excluding tert-OH is 1. The summed E-state index contributed by atoms with van der Waals surface area (Å²) in [5, 5.41) is 14.8. The largest absolute Gasteiger partial charge is 0.392 e. The quantitative estimate of drug-likeness (QED) is 0.769. The van der Waals surface area contributed by atoms with Gasteiger partial charge in [0.05, 0.1) is 12.6 Å². The Balaban J connectivity index is 1.81. The standard InChI is InChI=1S/C15H19FN2O3/c1-15(2)11(7-12(15)19)18-13(20)8-17-14(21)9-4-3-5-10(16)6-9/h3-6,11-12,19H,7-8H2,1-2H3,(H,17,21)(H,18,20). The molecule has 1 aromatic carbocycles. The molecule has 1 aliphatic carbocycles. The van der Waals surface area contributed by atoms with Gasteiger partial charge in [0.2, 0.25) is 5.91 Å². The first-order valence-electron chi connectivity index (χ1n) is 6.82. The number of halogens is 1. The molecule has 2 unspecified atom stereocenters. The Morgan fingerprint density at radius 3 is 2.71 bits per heavy atom. The molecule has 6 heteroatoms. The zero-order valence-corrected chi connectivity index (χ0v) is 12.0.